The van der Waals surface area contributed by atoms with Gasteiger partial charge in [-0.15, -0.1) is 32.9 Å². The number of nitrogens with zero attached hydrogens (tertiary/aromatic N) is 3. The predicted molar refractivity (Wildman–Crippen MR) is 221 cm³/mol. The normalized spacial score (nSPS) is 11.8. The van der Waals surface area contributed by atoms with Gasteiger partial charge in [0.25, 0.3) is 0 Å². The standard InChI is InChI=1S/C46H27N3OS2/c1-2-8-28(9-3-1)45-47-48-46(50-45)29-14-18-34(19-15-29)49(35-20-16-30-24-39-37-10-4-6-12-41(37)51-43(39)26-32(30)22-35)36-21-17-31-25-40-38-11-5-7-13-42(38)52-44(40)27-33(31)23-36/h1-27H. The highest BCUT2D eigenvalue weighted by Crippen LogP contribution is 2.42. The van der Waals surface area contributed by atoms with Gasteiger partial charge in [0.1, 0.15) is 0 Å². The molecule has 0 aliphatic heterocycles. The third-order valence-corrected chi connectivity index (χ3v) is 12.2. The van der Waals surface area contributed by atoms with E-state index in [1.165, 1.54) is 61.9 Å². The molecule has 0 bridgehead atoms. The van der Waals surface area contributed by atoms with Gasteiger partial charge in [-0.2, -0.15) is 0 Å². The second kappa shape index (κ2) is 11.6. The lowest BCUT2D eigenvalue weighted by atomic mass is 10.0. The van der Waals surface area contributed by atoms with Crippen molar-refractivity contribution >= 4 is 102 Å². The molecule has 3 heterocycles. The molecule has 0 amide bonds. The molecule has 52 heavy (non-hydrogen) atoms. The maximum Gasteiger partial charge on any atom is 0.248 e. The van der Waals surface area contributed by atoms with Crippen molar-refractivity contribution in [2.75, 3.05) is 4.90 Å². The summed E-state index contributed by atoms with van der Waals surface area (Å²) in [5.41, 5.74) is 4.99. The Kier molecular flexibility index (Phi) is 6.56. The van der Waals surface area contributed by atoms with Gasteiger partial charge in [-0.25, -0.2) is 0 Å². The lowest BCUT2D eigenvalue weighted by Gasteiger charge is -2.26. The summed E-state index contributed by atoms with van der Waals surface area (Å²) in [7, 11) is 0. The molecule has 0 N–H and O–H groups in total. The zero-order valence-electron chi connectivity index (χ0n) is 27.7. The van der Waals surface area contributed by atoms with Gasteiger partial charge in [-0.05, 0) is 119 Å². The van der Waals surface area contributed by atoms with Crippen LogP contribution in [0.1, 0.15) is 0 Å². The van der Waals surface area contributed by atoms with Crippen molar-refractivity contribution in [2.24, 2.45) is 0 Å². The first-order valence-electron chi connectivity index (χ1n) is 17.2. The van der Waals surface area contributed by atoms with Crippen LogP contribution in [0.25, 0.3) is 84.8 Å². The molecule has 0 saturated heterocycles. The first-order valence-corrected chi connectivity index (χ1v) is 18.8. The maximum absolute atomic E-state index is 6.10. The van der Waals surface area contributed by atoms with Crippen molar-refractivity contribution in [3.05, 3.63) is 164 Å². The molecule has 0 unspecified atom stereocenters. The summed E-state index contributed by atoms with van der Waals surface area (Å²) < 4.78 is 11.3. The molecule has 0 aliphatic rings. The Morgan fingerprint density at radius 2 is 0.846 bits per heavy atom. The smallest absolute Gasteiger partial charge is 0.248 e. The van der Waals surface area contributed by atoms with Crippen molar-refractivity contribution in [2.45, 2.75) is 0 Å². The molecule has 11 rings (SSSR count). The predicted octanol–water partition coefficient (Wildman–Crippen LogP) is 13.9. The highest BCUT2D eigenvalue weighted by molar-refractivity contribution is 7.26. The van der Waals surface area contributed by atoms with E-state index < -0.39 is 0 Å². The Labute approximate surface area is 306 Å². The van der Waals surface area contributed by atoms with Gasteiger partial charge in [0.2, 0.25) is 11.8 Å². The van der Waals surface area contributed by atoms with Crippen molar-refractivity contribution in [1.82, 2.24) is 10.2 Å². The van der Waals surface area contributed by atoms with Gasteiger partial charge < -0.3 is 9.32 Å². The molecule has 3 aromatic heterocycles. The van der Waals surface area contributed by atoms with Gasteiger partial charge in [0, 0.05) is 68.5 Å². The summed E-state index contributed by atoms with van der Waals surface area (Å²) in [4.78, 5) is 2.34. The van der Waals surface area contributed by atoms with Crippen LogP contribution in [0.3, 0.4) is 0 Å². The molecular formula is C46H27N3OS2. The molecule has 11 aromatic rings. The van der Waals surface area contributed by atoms with E-state index in [1.54, 1.807) is 0 Å². The third kappa shape index (κ3) is 4.80. The van der Waals surface area contributed by atoms with Crippen LogP contribution < -0.4 is 4.90 Å². The van der Waals surface area contributed by atoms with Crippen molar-refractivity contribution in [3.63, 3.8) is 0 Å². The van der Waals surface area contributed by atoms with Crippen LogP contribution in [-0.4, -0.2) is 10.2 Å². The Bertz CT molecular complexity index is 2990. The molecule has 0 spiro atoms. The van der Waals surface area contributed by atoms with E-state index >= 15 is 0 Å². The number of aromatic nitrogens is 2. The fourth-order valence-corrected chi connectivity index (χ4v) is 9.70. The molecule has 0 aliphatic carbocycles. The van der Waals surface area contributed by atoms with Crippen molar-refractivity contribution in [3.8, 4) is 22.9 Å². The summed E-state index contributed by atoms with van der Waals surface area (Å²) in [6, 6.07) is 58.6. The Morgan fingerprint density at radius 3 is 1.40 bits per heavy atom. The van der Waals surface area contributed by atoms with Crippen LogP contribution in [0.2, 0.25) is 0 Å². The highest BCUT2D eigenvalue weighted by Gasteiger charge is 2.17. The van der Waals surface area contributed by atoms with Gasteiger partial charge in [0.15, 0.2) is 0 Å². The number of hydrogen-bond acceptors (Lipinski definition) is 6. The number of thiophene rings is 2. The number of anilines is 3. The summed E-state index contributed by atoms with van der Waals surface area (Å²) in [5.74, 6) is 1.00. The molecule has 4 nitrogen and oxygen atoms in total. The first kappa shape index (κ1) is 29.4. The Hall–Kier alpha value is -6.34. The van der Waals surface area contributed by atoms with E-state index in [0.29, 0.717) is 11.8 Å². The molecule has 0 radical (unpaired) electrons. The summed E-state index contributed by atoms with van der Waals surface area (Å²) in [6.45, 7) is 0. The fourth-order valence-electron chi connectivity index (χ4n) is 7.43. The van der Waals surface area contributed by atoms with Crippen LogP contribution in [0, 0.1) is 0 Å². The van der Waals surface area contributed by atoms with E-state index in [1.807, 2.05) is 53.0 Å². The minimum absolute atomic E-state index is 0.494. The minimum atomic E-state index is 0.494. The molecule has 8 aromatic carbocycles. The van der Waals surface area contributed by atoms with E-state index in [2.05, 4.69) is 149 Å². The lowest BCUT2D eigenvalue weighted by Crippen LogP contribution is -2.09. The molecule has 0 fully saturated rings. The molecular weight excluding hydrogens is 675 g/mol. The van der Waals surface area contributed by atoms with Gasteiger partial charge in [0.05, 0.1) is 0 Å². The topological polar surface area (TPSA) is 42.2 Å². The van der Waals surface area contributed by atoms with E-state index in [9.17, 15) is 0 Å². The Balaban J connectivity index is 1.05. The number of fused-ring (bicyclic) bond motifs is 8. The number of rotatable bonds is 5. The van der Waals surface area contributed by atoms with Crippen LogP contribution >= 0.6 is 22.7 Å². The monoisotopic (exact) mass is 701 g/mol. The van der Waals surface area contributed by atoms with Crippen LogP contribution in [0.5, 0.6) is 0 Å². The van der Waals surface area contributed by atoms with Crippen LogP contribution in [0.15, 0.2) is 168 Å². The zero-order chi connectivity index (χ0) is 34.2. The van der Waals surface area contributed by atoms with E-state index in [-0.39, 0.29) is 0 Å². The highest BCUT2D eigenvalue weighted by atomic mass is 32.1. The molecule has 0 atom stereocenters. The quantitative estimate of drug-likeness (QED) is 0.179. The first-order chi connectivity index (χ1) is 25.7. The number of benzene rings is 8. The minimum Gasteiger partial charge on any atom is -0.416 e. The van der Waals surface area contributed by atoms with E-state index in [0.717, 1.165) is 28.2 Å². The Morgan fingerprint density at radius 1 is 0.365 bits per heavy atom. The van der Waals surface area contributed by atoms with Gasteiger partial charge >= 0.3 is 0 Å². The third-order valence-electron chi connectivity index (χ3n) is 9.97. The van der Waals surface area contributed by atoms with Crippen molar-refractivity contribution < 1.29 is 4.42 Å². The van der Waals surface area contributed by atoms with Crippen LogP contribution in [-0.2, 0) is 0 Å². The summed E-state index contributed by atoms with van der Waals surface area (Å²) in [6.07, 6.45) is 0. The summed E-state index contributed by atoms with van der Waals surface area (Å²) >= 11 is 3.71. The van der Waals surface area contributed by atoms with Crippen molar-refractivity contribution in [1.29, 1.82) is 0 Å². The molecule has 6 heteroatoms. The number of hydrogen-bond donors (Lipinski definition) is 0. The zero-order valence-corrected chi connectivity index (χ0v) is 29.3. The summed E-state index contributed by atoms with van der Waals surface area (Å²) in [5, 5.41) is 18.8. The molecule has 0 saturated carbocycles. The lowest BCUT2D eigenvalue weighted by molar-refractivity contribution is 0.584. The van der Waals surface area contributed by atoms with Gasteiger partial charge in [-0.1, -0.05) is 66.7 Å². The second-order valence-corrected chi connectivity index (χ2v) is 15.3. The largest absolute Gasteiger partial charge is 0.416 e. The average molecular weight is 702 g/mol. The second-order valence-electron chi connectivity index (χ2n) is 13.1. The molecule has 244 valence electrons. The van der Waals surface area contributed by atoms with Crippen LogP contribution in [0.4, 0.5) is 17.1 Å². The fraction of sp³-hybridized carbons (Fsp3) is 0. The maximum atomic E-state index is 6.10. The van der Waals surface area contributed by atoms with E-state index in [4.69, 9.17) is 4.42 Å². The average Bonchev–Trinajstić information content (AvgIpc) is 3.92. The SMILES string of the molecule is c1ccc(-c2nnc(-c3ccc(N(c4ccc5cc6c(cc5c4)sc4ccccc46)c4ccc5cc6c(cc5c4)sc4ccccc46)cc3)o2)cc1. The van der Waals surface area contributed by atoms with Gasteiger partial charge in [-0.3, -0.25) is 0 Å².